The quantitative estimate of drug-likeness (QED) is 0.696. The number of nitrogen functional groups attached to an aromatic ring is 2. The van der Waals surface area contributed by atoms with E-state index in [-0.39, 0.29) is 11.9 Å². The van der Waals surface area contributed by atoms with Gasteiger partial charge in [0.15, 0.2) is 5.65 Å². The number of nitrogens with two attached hydrogens (primary N) is 2. The van der Waals surface area contributed by atoms with Gasteiger partial charge in [-0.25, -0.2) is 0 Å². The van der Waals surface area contributed by atoms with Crippen LogP contribution in [0.3, 0.4) is 0 Å². The molecule has 0 spiro atoms. The van der Waals surface area contributed by atoms with E-state index in [1.807, 2.05) is 6.92 Å². The predicted molar refractivity (Wildman–Crippen MR) is 52.0 cm³/mol. The fraction of sp³-hybridized carbons (Fsp3) is 0.167. The average Bonchev–Trinajstić information content (AvgIpc) is 2.32. The molecule has 4 N–H and O–H groups in total. The Labute approximate surface area is 82.1 Å². The monoisotopic (exact) mass is 242 g/mol. The molecule has 0 aliphatic heterocycles. The first-order chi connectivity index (χ1) is 6.09. The van der Waals surface area contributed by atoms with Crippen molar-refractivity contribution in [3.05, 3.63) is 10.2 Å². The molecular weight excluding hydrogens is 236 g/mol. The Morgan fingerprint density at radius 1 is 1.31 bits per heavy atom. The van der Waals surface area contributed by atoms with Crippen molar-refractivity contribution in [2.75, 3.05) is 11.5 Å². The van der Waals surface area contributed by atoms with E-state index in [0.29, 0.717) is 5.65 Å². The van der Waals surface area contributed by atoms with Crippen LogP contribution in [-0.4, -0.2) is 19.6 Å². The lowest BCUT2D eigenvalue weighted by molar-refractivity contribution is 0.897. The molecule has 7 heteroatoms. The molecule has 0 saturated carbocycles. The Morgan fingerprint density at radius 2 is 2.00 bits per heavy atom. The van der Waals surface area contributed by atoms with Crippen molar-refractivity contribution in [2.24, 2.45) is 0 Å². The number of hydrogen-bond acceptors (Lipinski definition) is 5. The van der Waals surface area contributed by atoms with Crippen LogP contribution in [0.2, 0.25) is 0 Å². The highest BCUT2D eigenvalue weighted by molar-refractivity contribution is 9.10. The third-order valence-corrected chi connectivity index (χ3v) is 2.56. The lowest BCUT2D eigenvalue weighted by atomic mass is 10.5. The topological polar surface area (TPSA) is 95.1 Å². The number of hydrogen-bond donors (Lipinski definition) is 2. The molecule has 2 heterocycles. The Balaban J connectivity index is 2.94. The maximum Gasteiger partial charge on any atom is 0.226 e. The van der Waals surface area contributed by atoms with E-state index in [9.17, 15) is 0 Å². The van der Waals surface area contributed by atoms with Gasteiger partial charge in [0.2, 0.25) is 11.9 Å². The Hall–Kier alpha value is -1.37. The highest BCUT2D eigenvalue weighted by Gasteiger charge is 2.11. The molecule has 2 aromatic rings. The molecular formula is C6H7BrN6. The van der Waals surface area contributed by atoms with Crippen LogP contribution in [0.15, 0.2) is 4.47 Å². The van der Waals surface area contributed by atoms with Crippen LogP contribution < -0.4 is 11.5 Å². The summed E-state index contributed by atoms with van der Waals surface area (Å²) in [6.45, 7) is 1.84. The zero-order chi connectivity index (χ0) is 9.59. The minimum atomic E-state index is 0.144. The Kier molecular flexibility index (Phi) is 1.62. The molecule has 0 aliphatic rings. The fourth-order valence-electron chi connectivity index (χ4n) is 1.05. The van der Waals surface area contributed by atoms with Crippen molar-refractivity contribution < 1.29 is 0 Å². The summed E-state index contributed by atoms with van der Waals surface area (Å²) in [6.07, 6.45) is 0. The van der Waals surface area contributed by atoms with Crippen LogP contribution in [0.5, 0.6) is 0 Å². The second-order valence-electron chi connectivity index (χ2n) is 2.57. The standard InChI is InChI=1S/C6H7BrN6/c1-2-3(7)4-10-5(8)11-6(9)13(4)12-2/h1H3,(H4,8,9,10,11). The summed E-state index contributed by atoms with van der Waals surface area (Å²) in [5.74, 6) is 0.377. The van der Waals surface area contributed by atoms with Crippen LogP contribution in [0.1, 0.15) is 5.69 Å². The van der Waals surface area contributed by atoms with E-state index < -0.39 is 0 Å². The van der Waals surface area contributed by atoms with Gasteiger partial charge in [0.25, 0.3) is 0 Å². The molecule has 2 rings (SSSR count). The van der Waals surface area contributed by atoms with Gasteiger partial charge in [-0.15, -0.1) is 0 Å². The van der Waals surface area contributed by atoms with Gasteiger partial charge in [-0.05, 0) is 22.9 Å². The molecule has 0 aliphatic carbocycles. The first kappa shape index (κ1) is 8.24. The summed E-state index contributed by atoms with van der Waals surface area (Å²) in [6, 6.07) is 0. The van der Waals surface area contributed by atoms with Gasteiger partial charge >= 0.3 is 0 Å². The summed E-state index contributed by atoms with van der Waals surface area (Å²) in [5, 5.41) is 4.12. The summed E-state index contributed by atoms with van der Waals surface area (Å²) in [5.41, 5.74) is 12.4. The smallest absolute Gasteiger partial charge is 0.226 e. The highest BCUT2D eigenvalue weighted by atomic mass is 79.9. The van der Waals surface area contributed by atoms with Gasteiger partial charge in [0, 0.05) is 0 Å². The second-order valence-corrected chi connectivity index (χ2v) is 3.37. The average molecular weight is 243 g/mol. The number of fused-ring (bicyclic) bond motifs is 1. The minimum Gasteiger partial charge on any atom is -0.368 e. The van der Waals surface area contributed by atoms with E-state index in [4.69, 9.17) is 11.5 Å². The Morgan fingerprint density at radius 3 is 2.69 bits per heavy atom. The predicted octanol–water partition coefficient (Wildman–Crippen LogP) is 0.360. The van der Waals surface area contributed by atoms with Crippen LogP contribution in [0, 0.1) is 6.92 Å². The van der Waals surface area contributed by atoms with E-state index in [1.54, 1.807) is 0 Å². The zero-order valence-electron chi connectivity index (χ0n) is 6.82. The number of aromatic nitrogens is 4. The molecule has 6 nitrogen and oxygen atoms in total. The lowest BCUT2D eigenvalue weighted by Gasteiger charge is -1.97. The van der Waals surface area contributed by atoms with Gasteiger partial charge in [0.05, 0.1) is 10.2 Å². The number of nitrogens with zero attached hydrogens (tertiary/aromatic N) is 4. The van der Waals surface area contributed by atoms with Gasteiger partial charge in [-0.1, -0.05) is 0 Å². The largest absolute Gasteiger partial charge is 0.368 e. The van der Waals surface area contributed by atoms with E-state index in [1.165, 1.54) is 4.52 Å². The number of anilines is 2. The van der Waals surface area contributed by atoms with E-state index in [0.717, 1.165) is 10.2 Å². The third-order valence-electron chi connectivity index (χ3n) is 1.63. The number of rotatable bonds is 0. The molecule has 68 valence electrons. The molecule has 0 atom stereocenters. The first-order valence-electron chi connectivity index (χ1n) is 3.53. The molecule has 0 aromatic carbocycles. The van der Waals surface area contributed by atoms with Gasteiger partial charge in [0.1, 0.15) is 0 Å². The lowest BCUT2D eigenvalue weighted by Crippen LogP contribution is -2.06. The van der Waals surface area contributed by atoms with Gasteiger partial charge in [-0.2, -0.15) is 19.6 Å². The summed E-state index contributed by atoms with van der Waals surface area (Å²) in [7, 11) is 0. The maximum atomic E-state index is 5.59. The van der Waals surface area contributed by atoms with E-state index >= 15 is 0 Å². The van der Waals surface area contributed by atoms with Crippen LogP contribution in [0.4, 0.5) is 11.9 Å². The van der Waals surface area contributed by atoms with Gasteiger partial charge in [-0.3, -0.25) is 0 Å². The number of halogens is 1. The summed E-state index contributed by atoms with van der Waals surface area (Å²) < 4.78 is 2.23. The molecule has 2 aromatic heterocycles. The molecule has 0 bridgehead atoms. The minimum absolute atomic E-state index is 0.144. The van der Waals surface area contributed by atoms with Crippen molar-refractivity contribution >= 4 is 33.5 Å². The Bertz CT molecular complexity index is 475. The van der Waals surface area contributed by atoms with Crippen LogP contribution >= 0.6 is 15.9 Å². The maximum absolute atomic E-state index is 5.59. The van der Waals surface area contributed by atoms with Gasteiger partial charge < -0.3 is 11.5 Å². The molecule has 0 saturated heterocycles. The van der Waals surface area contributed by atoms with Crippen molar-refractivity contribution in [1.82, 2.24) is 19.6 Å². The van der Waals surface area contributed by atoms with Crippen molar-refractivity contribution in [2.45, 2.75) is 6.92 Å². The van der Waals surface area contributed by atoms with Crippen molar-refractivity contribution in [1.29, 1.82) is 0 Å². The zero-order valence-corrected chi connectivity index (χ0v) is 8.41. The second kappa shape index (κ2) is 2.56. The molecule has 0 amide bonds. The highest BCUT2D eigenvalue weighted by Crippen LogP contribution is 2.21. The van der Waals surface area contributed by atoms with E-state index in [2.05, 4.69) is 31.0 Å². The van der Waals surface area contributed by atoms with Crippen LogP contribution in [0.25, 0.3) is 5.65 Å². The fourth-order valence-corrected chi connectivity index (χ4v) is 1.39. The molecule has 13 heavy (non-hydrogen) atoms. The van der Waals surface area contributed by atoms with Crippen molar-refractivity contribution in [3.63, 3.8) is 0 Å². The molecule has 0 radical (unpaired) electrons. The van der Waals surface area contributed by atoms with Crippen molar-refractivity contribution in [3.8, 4) is 0 Å². The molecule has 0 unspecified atom stereocenters. The third kappa shape index (κ3) is 1.12. The normalized spacial score (nSPS) is 10.9. The summed E-state index contributed by atoms with van der Waals surface area (Å²) in [4.78, 5) is 7.78. The van der Waals surface area contributed by atoms with Crippen LogP contribution in [-0.2, 0) is 0 Å². The SMILES string of the molecule is Cc1nn2c(N)nc(N)nc2c1Br. The number of aryl methyl sites for hydroxylation is 1. The molecule has 0 fully saturated rings. The first-order valence-corrected chi connectivity index (χ1v) is 4.32. The summed E-state index contributed by atoms with van der Waals surface area (Å²) >= 11 is 3.33.